The van der Waals surface area contributed by atoms with Gasteiger partial charge in [-0.15, -0.1) is 0 Å². The van der Waals surface area contributed by atoms with Crippen LogP contribution in [-0.2, 0) is 33.3 Å². The molecule has 1 N–H and O–H groups in total. The molecule has 5 aliphatic carbocycles. The molecule has 5 rings (SSSR count). The third-order valence-electron chi connectivity index (χ3n) is 15.6. The summed E-state index contributed by atoms with van der Waals surface area (Å²) in [6, 6.07) is 0. The number of carbonyl (C=O) groups is 3. The highest BCUT2D eigenvalue weighted by molar-refractivity contribution is 5.76. The van der Waals surface area contributed by atoms with Gasteiger partial charge in [0.2, 0.25) is 0 Å². The van der Waals surface area contributed by atoms with Gasteiger partial charge in [0.15, 0.2) is 13.6 Å². The number of hydrogen-bond acceptors (Lipinski definition) is 7. The highest BCUT2D eigenvalue weighted by Crippen LogP contribution is 2.77. The van der Waals surface area contributed by atoms with Crippen molar-refractivity contribution in [3.05, 3.63) is 12.2 Å². The first-order valence-corrected chi connectivity index (χ1v) is 19.4. The average Bonchev–Trinajstić information content (AvgIpc) is 3.41. The van der Waals surface area contributed by atoms with E-state index in [1.807, 2.05) is 41.5 Å². The number of carbonyl (C=O) groups excluding carboxylic acids is 2. The molecule has 0 aliphatic heterocycles. The van der Waals surface area contributed by atoms with Gasteiger partial charge in [0, 0.05) is 0 Å². The molecular weight excluding hydrogens is 632 g/mol. The number of ether oxygens (including phenoxy) is 4. The summed E-state index contributed by atoms with van der Waals surface area (Å²) in [7, 11) is 0. The van der Waals surface area contributed by atoms with E-state index in [1.165, 1.54) is 0 Å². The van der Waals surface area contributed by atoms with Gasteiger partial charge in [-0.25, -0.2) is 0 Å². The molecule has 8 heteroatoms. The minimum atomic E-state index is -0.728. The second-order valence-corrected chi connectivity index (χ2v) is 20.4. The summed E-state index contributed by atoms with van der Waals surface area (Å²) >= 11 is 0. The molecule has 0 heterocycles. The predicted octanol–water partition coefficient (Wildman–Crippen LogP) is 9.20. The SMILES string of the molecule is C=C(COCOC(=O)C(C)(C)C)[C@@H]1CC[C@]2(C(=O)O)CC[C@]3(C)C(CCC4[C@@]5(C)CC[C@H](OCOC(=O)C(C)(C)C)C(C)(C)C5CC[C@]43C)C12. The van der Waals surface area contributed by atoms with Gasteiger partial charge in [-0.2, -0.15) is 0 Å². The number of aliphatic carboxylic acids is 1. The zero-order chi connectivity index (χ0) is 37.3. The molecule has 0 aromatic rings. The van der Waals surface area contributed by atoms with Crippen molar-refractivity contribution >= 4 is 17.9 Å². The van der Waals surface area contributed by atoms with E-state index in [0.29, 0.717) is 30.6 Å². The average molecular weight is 701 g/mol. The standard InChI is InChI=1S/C42H68O8/c1-26(23-47-24-49-34(45)36(2,3)4)27-15-20-42(33(43)44)22-21-40(11)28(32(27)42)13-14-30-39(10)18-17-31(48-25-50-35(46)37(5,6)7)38(8,9)29(39)16-19-41(30,40)12/h27-32H,1,13-25H2,2-12H3,(H,43,44)/t27-,28?,29?,30?,31-,32?,39-,40+,41+,42-/m0/s1. The number of fused-ring (bicyclic) bond motifs is 7. The van der Waals surface area contributed by atoms with Crippen LogP contribution in [0.2, 0.25) is 0 Å². The molecule has 0 bridgehead atoms. The van der Waals surface area contributed by atoms with Gasteiger partial charge in [0.1, 0.15) is 0 Å². The van der Waals surface area contributed by atoms with E-state index in [0.717, 1.165) is 56.9 Å². The zero-order valence-electron chi connectivity index (χ0n) is 33.2. The predicted molar refractivity (Wildman–Crippen MR) is 193 cm³/mol. The van der Waals surface area contributed by atoms with Crippen LogP contribution in [0.3, 0.4) is 0 Å². The van der Waals surface area contributed by atoms with Crippen molar-refractivity contribution in [2.24, 2.45) is 67.5 Å². The van der Waals surface area contributed by atoms with Gasteiger partial charge in [0.05, 0.1) is 29.0 Å². The van der Waals surface area contributed by atoms with Crippen LogP contribution >= 0.6 is 0 Å². The maximum absolute atomic E-state index is 13.2. The molecule has 0 aromatic heterocycles. The lowest BCUT2D eigenvalue weighted by Crippen LogP contribution is -2.67. The molecule has 5 aliphatic rings. The van der Waals surface area contributed by atoms with Crippen molar-refractivity contribution in [3.8, 4) is 0 Å². The van der Waals surface area contributed by atoms with E-state index in [9.17, 15) is 19.5 Å². The van der Waals surface area contributed by atoms with Gasteiger partial charge in [-0.1, -0.05) is 41.2 Å². The monoisotopic (exact) mass is 700 g/mol. The largest absolute Gasteiger partial charge is 0.481 e. The quantitative estimate of drug-likeness (QED) is 0.110. The molecule has 0 aromatic carbocycles. The number of rotatable bonds is 9. The van der Waals surface area contributed by atoms with E-state index < -0.39 is 22.2 Å². The summed E-state index contributed by atoms with van der Waals surface area (Å²) in [5, 5.41) is 10.9. The summed E-state index contributed by atoms with van der Waals surface area (Å²) < 4.78 is 23.1. The Hall–Kier alpha value is -1.93. The van der Waals surface area contributed by atoms with Crippen molar-refractivity contribution in [2.75, 3.05) is 20.2 Å². The molecule has 284 valence electrons. The molecule has 8 nitrogen and oxygen atoms in total. The number of esters is 2. The number of carboxylic acids is 1. The Kier molecular flexibility index (Phi) is 10.4. The van der Waals surface area contributed by atoms with E-state index >= 15 is 0 Å². The Morgan fingerprint density at radius 2 is 1.34 bits per heavy atom. The van der Waals surface area contributed by atoms with Gasteiger partial charge in [-0.05, 0) is 163 Å². The van der Waals surface area contributed by atoms with Crippen LogP contribution in [-0.4, -0.2) is 49.3 Å². The molecule has 0 spiro atoms. The third kappa shape index (κ3) is 6.28. The fourth-order valence-corrected chi connectivity index (χ4v) is 12.7. The number of carboxylic acid groups (broad SMARTS) is 1. The zero-order valence-corrected chi connectivity index (χ0v) is 33.2. The van der Waals surface area contributed by atoms with Crippen molar-refractivity contribution < 1.29 is 38.4 Å². The van der Waals surface area contributed by atoms with Crippen LogP contribution in [0.4, 0.5) is 0 Å². The van der Waals surface area contributed by atoms with E-state index in [-0.39, 0.29) is 71.7 Å². The first kappa shape index (κ1) is 39.3. The second-order valence-electron chi connectivity index (χ2n) is 20.4. The molecule has 5 saturated carbocycles. The Morgan fingerprint density at radius 1 is 0.720 bits per heavy atom. The smallest absolute Gasteiger partial charge is 0.313 e. The summed E-state index contributed by atoms with van der Waals surface area (Å²) in [6.45, 7) is 28.0. The van der Waals surface area contributed by atoms with Crippen LogP contribution in [0, 0.1) is 67.5 Å². The van der Waals surface area contributed by atoms with Crippen molar-refractivity contribution in [3.63, 3.8) is 0 Å². The lowest BCUT2D eigenvalue weighted by Gasteiger charge is -2.72. The lowest BCUT2D eigenvalue weighted by atomic mass is 9.32. The number of hydrogen-bond donors (Lipinski definition) is 1. The van der Waals surface area contributed by atoms with Crippen molar-refractivity contribution in [2.45, 2.75) is 146 Å². The van der Waals surface area contributed by atoms with E-state index in [1.54, 1.807) is 0 Å². The van der Waals surface area contributed by atoms with Crippen molar-refractivity contribution in [1.29, 1.82) is 0 Å². The first-order valence-electron chi connectivity index (χ1n) is 19.4. The summed E-state index contributed by atoms with van der Waals surface area (Å²) in [5.74, 6) is 0.211. The summed E-state index contributed by atoms with van der Waals surface area (Å²) in [6.07, 6.45) is 9.60. The fraction of sp³-hybridized carbons (Fsp3) is 0.881. The van der Waals surface area contributed by atoms with Crippen LogP contribution in [0.25, 0.3) is 0 Å². The van der Waals surface area contributed by atoms with E-state index in [4.69, 9.17) is 18.9 Å². The maximum Gasteiger partial charge on any atom is 0.313 e. The van der Waals surface area contributed by atoms with Crippen molar-refractivity contribution in [1.82, 2.24) is 0 Å². The molecule has 0 radical (unpaired) electrons. The Labute approximate surface area is 302 Å². The highest BCUT2D eigenvalue weighted by atomic mass is 16.7. The molecule has 0 saturated heterocycles. The maximum atomic E-state index is 13.2. The van der Waals surface area contributed by atoms with Crippen LogP contribution in [0.15, 0.2) is 12.2 Å². The Balaban J connectivity index is 1.34. The summed E-state index contributed by atoms with van der Waals surface area (Å²) in [4.78, 5) is 37.9. The van der Waals surface area contributed by atoms with Crippen LogP contribution < -0.4 is 0 Å². The third-order valence-corrected chi connectivity index (χ3v) is 15.6. The first-order chi connectivity index (χ1) is 23.0. The minimum Gasteiger partial charge on any atom is -0.481 e. The van der Waals surface area contributed by atoms with Crippen LogP contribution in [0.1, 0.15) is 140 Å². The molecule has 50 heavy (non-hydrogen) atoms. The molecular formula is C42H68O8. The summed E-state index contributed by atoms with van der Waals surface area (Å²) in [5.41, 5.74) is -0.776. The Morgan fingerprint density at radius 3 is 1.94 bits per heavy atom. The van der Waals surface area contributed by atoms with Gasteiger partial charge in [0.25, 0.3) is 0 Å². The van der Waals surface area contributed by atoms with E-state index in [2.05, 4.69) is 41.2 Å². The normalized spacial score (nSPS) is 40.8. The fourth-order valence-electron chi connectivity index (χ4n) is 12.7. The van der Waals surface area contributed by atoms with Crippen LogP contribution in [0.5, 0.6) is 0 Å². The topological polar surface area (TPSA) is 108 Å². The molecule has 0 amide bonds. The molecule has 5 fully saturated rings. The lowest BCUT2D eigenvalue weighted by molar-refractivity contribution is -0.257. The van der Waals surface area contributed by atoms with Gasteiger partial charge >= 0.3 is 17.9 Å². The minimum absolute atomic E-state index is 0.000803. The Bertz CT molecular complexity index is 1340. The van der Waals surface area contributed by atoms with Gasteiger partial charge < -0.3 is 24.1 Å². The molecule has 10 atom stereocenters. The second kappa shape index (κ2) is 13.2. The molecule has 4 unspecified atom stereocenters. The highest BCUT2D eigenvalue weighted by Gasteiger charge is 2.72. The van der Waals surface area contributed by atoms with Gasteiger partial charge in [-0.3, -0.25) is 14.4 Å².